The summed E-state index contributed by atoms with van der Waals surface area (Å²) in [6, 6.07) is 20.5. The molecular weight excluding hydrogens is 322 g/mol. The maximum atomic E-state index is 12.4. The Balaban J connectivity index is 1.74. The van der Waals surface area contributed by atoms with Gasteiger partial charge in [-0.25, -0.2) is 0 Å². The molecule has 1 amide bonds. The van der Waals surface area contributed by atoms with E-state index in [4.69, 9.17) is 5.11 Å². The molecule has 3 aromatic rings. The van der Waals surface area contributed by atoms with Crippen molar-refractivity contribution in [2.75, 3.05) is 5.32 Å². The average Bonchev–Trinajstić information content (AvgIpc) is 3.05. The number of carboxylic acid groups (broad SMARTS) is 1. The number of amides is 1. The number of aliphatic carboxylic acids is 1. The van der Waals surface area contributed by atoms with Crippen LogP contribution in [0.2, 0.25) is 0 Å². The molecule has 2 N–H and O–H groups in total. The van der Waals surface area contributed by atoms with Gasteiger partial charge in [-0.2, -0.15) is 0 Å². The number of carboxylic acids is 1. The zero-order chi connectivity index (χ0) is 16.9. The zero-order valence-electron chi connectivity index (χ0n) is 12.7. The van der Waals surface area contributed by atoms with Gasteiger partial charge in [-0.15, -0.1) is 11.3 Å². The second-order valence-electron chi connectivity index (χ2n) is 5.25. The number of anilines is 1. The van der Waals surface area contributed by atoms with Crippen LogP contribution in [-0.4, -0.2) is 17.0 Å². The molecule has 0 bridgehead atoms. The Morgan fingerprint density at radius 2 is 1.75 bits per heavy atom. The van der Waals surface area contributed by atoms with Crippen molar-refractivity contribution in [3.63, 3.8) is 0 Å². The average molecular weight is 337 g/mol. The largest absolute Gasteiger partial charge is 0.481 e. The molecule has 0 saturated heterocycles. The second-order valence-corrected chi connectivity index (χ2v) is 6.34. The summed E-state index contributed by atoms with van der Waals surface area (Å²) >= 11 is 1.42. The number of carbonyl (C=O) groups is 2. The molecule has 3 rings (SSSR count). The van der Waals surface area contributed by atoms with Crippen molar-refractivity contribution in [1.29, 1.82) is 0 Å². The molecule has 0 radical (unpaired) electrons. The molecule has 4 nitrogen and oxygen atoms in total. The highest BCUT2D eigenvalue weighted by Gasteiger charge is 2.11. The maximum Gasteiger partial charge on any atom is 0.307 e. The van der Waals surface area contributed by atoms with Crippen LogP contribution in [0.15, 0.2) is 66.7 Å². The minimum atomic E-state index is -0.899. The van der Waals surface area contributed by atoms with E-state index in [1.165, 1.54) is 11.3 Å². The molecule has 0 spiro atoms. The number of hydrogen-bond donors (Lipinski definition) is 2. The molecule has 0 atom stereocenters. The Bertz CT molecular complexity index is 871. The fraction of sp³-hybridized carbons (Fsp3) is 0.0526. The highest BCUT2D eigenvalue weighted by Crippen LogP contribution is 2.28. The van der Waals surface area contributed by atoms with Gasteiger partial charge in [0.2, 0.25) is 0 Å². The lowest BCUT2D eigenvalue weighted by Crippen LogP contribution is -2.10. The van der Waals surface area contributed by atoms with E-state index in [9.17, 15) is 9.59 Å². The lowest BCUT2D eigenvalue weighted by Gasteiger charge is -2.05. The summed E-state index contributed by atoms with van der Waals surface area (Å²) in [5.41, 5.74) is 2.31. The molecular formula is C19H15NO3S. The number of benzene rings is 2. The van der Waals surface area contributed by atoms with Crippen LogP contribution >= 0.6 is 11.3 Å². The van der Waals surface area contributed by atoms with E-state index in [2.05, 4.69) is 5.32 Å². The SMILES string of the molecule is O=C(O)Cc1cccc(NC(=O)c2ccc(-c3ccccc3)s2)c1. The minimum Gasteiger partial charge on any atom is -0.481 e. The van der Waals surface area contributed by atoms with E-state index in [0.717, 1.165) is 10.4 Å². The van der Waals surface area contributed by atoms with Crippen LogP contribution in [0.4, 0.5) is 5.69 Å². The van der Waals surface area contributed by atoms with Gasteiger partial charge in [0.05, 0.1) is 11.3 Å². The molecule has 1 heterocycles. The van der Waals surface area contributed by atoms with Crippen molar-refractivity contribution in [1.82, 2.24) is 0 Å². The van der Waals surface area contributed by atoms with E-state index >= 15 is 0 Å². The molecule has 0 aliphatic rings. The van der Waals surface area contributed by atoms with Crippen LogP contribution in [0.1, 0.15) is 15.2 Å². The summed E-state index contributed by atoms with van der Waals surface area (Å²) in [6.07, 6.45) is -0.0686. The minimum absolute atomic E-state index is 0.0686. The van der Waals surface area contributed by atoms with Gasteiger partial charge >= 0.3 is 5.97 Å². The van der Waals surface area contributed by atoms with Gasteiger partial charge < -0.3 is 10.4 Å². The number of carbonyl (C=O) groups excluding carboxylic acids is 1. The van der Waals surface area contributed by atoms with Crippen molar-refractivity contribution < 1.29 is 14.7 Å². The van der Waals surface area contributed by atoms with Crippen molar-refractivity contribution in [2.24, 2.45) is 0 Å². The number of nitrogens with one attached hydrogen (secondary N) is 1. The van der Waals surface area contributed by atoms with E-state index in [0.29, 0.717) is 16.1 Å². The van der Waals surface area contributed by atoms with E-state index in [-0.39, 0.29) is 12.3 Å². The molecule has 120 valence electrons. The second kappa shape index (κ2) is 7.10. The Morgan fingerprint density at radius 1 is 0.958 bits per heavy atom. The lowest BCUT2D eigenvalue weighted by molar-refractivity contribution is -0.136. The summed E-state index contributed by atoms with van der Waals surface area (Å²) < 4.78 is 0. The summed E-state index contributed by atoms with van der Waals surface area (Å²) in [5, 5.41) is 11.7. The molecule has 1 aromatic heterocycles. The first-order chi connectivity index (χ1) is 11.6. The quantitative estimate of drug-likeness (QED) is 0.730. The Labute approximate surface area is 143 Å². The topological polar surface area (TPSA) is 66.4 Å². The third-order valence-electron chi connectivity index (χ3n) is 3.43. The Kier molecular flexibility index (Phi) is 4.72. The maximum absolute atomic E-state index is 12.4. The summed E-state index contributed by atoms with van der Waals surface area (Å²) in [6.45, 7) is 0. The van der Waals surface area contributed by atoms with E-state index in [1.54, 1.807) is 30.3 Å². The zero-order valence-corrected chi connectivity index (χ0v) is 13.5. The van der Waals surface area contributed by atoms with Crippen molar-refractivity contribution in [2.45, 2.75) is 6.42 Å². The highest BCUT2D eigenvalue weighted by molar-refractivity contribution is 7.17. The van der Waals surface area contributed by atoms with Crippen LogP contribution < -0.4 is 5.32 Å². The van der Waals surface area contributed by atoms with Gasteiger partial charge in [-0.3, -0.25) is 9.59 Å². The first kappa shape index (κ1) is 16.0. The van der Waals surface area contributed by atoms with Gasteiger partial charge in [-0.05, 0) is 35.4 Å². The van der Waals surface area contributed by atoms with Gasteiger partial charge in [0.15, 0.2) is 0 Å². The van der Waals surface area contributed by atoms with Gasteiger partial charge in [-0.1, -0.05) is 42.5 Å². The van der Waals surface area contributed by atoms with Crippen molar-refractivity contribution in [3.8, 4) is 10.4 Å². The van der Waals surface area contributed by atoms with Gasteiger partial charge in [0.1, 0.15) is 0 Å². The predicted octanol–water partition coefficient (Wildman–Crippen LogP) is 4.29. The standard InChI is InChI=1S/C19H15NO3S/c21-18(22)12-13-5-4-8-15(11-13)20-19(23)17-10-9-16(24-17)14-6-2-1-3-7-14/h1-11H,12H2,(H,20,23)(H,21,22). The molecule has 2 aromatic carbocycles. The van der Waals surface area contributed by atoms with E-state index < -0.39 is 5.97 Å². The Hall–Kier alpha value is -2.92. The molecule has 0 aliphatic carbocycles. The normalized spacial score (nSPS) is 10.3. The molecule has 0 saturated carbocycles. The van der Waals surface area contributed by atoms with Crippen molar-refractivity contribution in [3.05, 3.63) is 77.2 Å². The van der Waals surface area contributed by atoms with Crippen molar-refractivity contribution >= 4 is 28.9 Å². The molecule has 0 aliphatic heterocycles. The fourth-order valence-corrected chi connectivity index (χ4v) is 3.25. The lowest BCUT2D eigenvalue weighted by atomic mass is 10.1. The summed E-state index contributed by atoms with van der Waals surface area (Å²) in [5.74, 6) is -1.10. The predicted molar refractivity (Wildman–Crippen MR) is 95.5 cm³/mol. The first-order valence-electron chi connectivity index (χ1n) is 7.39. The summed E-state index contributed by atoms with van der Waals surface area (Å²) in [4.78, 5) is 24.8. The summed E-state index contributed by atoms with van der Waals surface area (Å²) in [7, 11) is 0. The third kappa shape index (κ3) is 3.88. The smallest absolute Gasteiger partial charge is 0.307 e. The first-order valence-corrected chi connectivity index (χ1v) is 8.21. The molecule has 0 fully saturated rings. The molecule has 24 heavy (non-hydrogen) atoms. The third-order valence-corrected chi connectivity index (χ3v) is 4.56. The monoisotopic (exact) mass is 337 g/mol. The van der Waals surface area contributed by atoms with Crippen LogP contribution in [0.3, 0.4) is 0 Å². The van der Waals surface area contributed by atoms with Gasteiger partial charge in [0, 0.05) is 10.6 Å². The van der Waals surface area contributed by atoms with Crippen LogP contribution in [0.5, 0.6) is 0 Å². The fourth-order valence-electron chi connectivity index (χ4n) is 2.34. The van der Waals surface area contributed by atoms with Crippen LogP contribution in [0, 0.1) is 0 Å². The van der Waals surface area contributed by atoms with E-state index in [1.807, 2.05) is 36.4 Å². The van der Waals surface area contributed by atoms with Crippen LogP contribution in [0.25, 0.3) is 10.4 Å². The van der Waals surface area contributed by atoms with Crippen LogP contribution in [-0.2, 0) is 11.2 Å². The highest BCUT2D eigenvalue weighted by atomic mass is 32.1. The number of rotatable bonds is 5. The number of hydrogen-bond acceptors (Lipinski definition) is 3. The molecule has 0 unspecified atom stereocenters. The Morgan fingerprint density at radius 3 is 2.50 bits per heavy atom. The molecule has 5 heteroatoms. The van der Waals surface area contributed by atoms with Gasteiger partial charge in [0.25, 0.3) is 5.91 Å². The number of thiophene rings is 1.